The van der Waals surface area contributed by atoms with E-state index in [1.165, 1.54) is 14.7 Å². The van der Waals surface area contributed by atoms with E-state index in [-0.39, 0.29) is 0 Å². The molecule has 0 aliphatic heterocycles. The average molecular weight is 355 g/mol. The molecule has 0 aliphatic rings. The normalized spacial score (nSPS) is 12.6. The molecule has 1 heterocycles. The van der Waals surface area contributed by atoms with E-state index < -0.39 is 0 Å². The highest BCUT2D eigenvalue weighted by Crippen LogP contribution is 2.19. The van der Waals surface area contributed by atoms with Crippen LogP contribution >= 0.6 is 22.6 Å². The van der Waals surface area contributed by atoms with Gasteiger partial charge in [-0.3, -0.25) is 0 Å². The van der Waals surface area contributed by atoms with Crippen LogP contribution in [0.25, 0.3) is 0 Å². The van der Waals surface area contributed by atoms with Crippen molar-refractivity contribution in [2.24, 2.45) is 0 Å². The number of benzene rings is 1. The van der Waals surface area contributed by atoms with Gasteiger partial charge < -0.3 is 9.73 Å². The molecule has 96 valence electrons. The molecule has 1 unspecified atom stereocenters. The molecule has 2 nitrogen and oxygen atoms in total. The van der Waals surface area contributed by atoms with E-state index in [0.717, 1.165) is 19.4 Å². The molecule has 18 heavy (non-hydrogen) atoms. The van der Waals surface area contributed by atoms with Crippen LogP contribution in [0.3, 0.4) is 0 Å². The van der Waals surface area contributed by atoms with Gasteiger partial charge in [0.1, 0.15) is 0 Å². The smallest absolute Gasteiger partial charge is 0.0950 e. The number of nitrogens with one attached hydrogen (secondary N) is 1. The van der Waals surface area contributed by atoms with Gasteiger partial charge in [-0.1, -0.05) is 19.1 Å². The van der Waals surface area contributed by atoms with Crippen molar-refractivity contribution in [3.05, 3.63) is 57.6 Å². The van der Waals surface area contributed by atoms with Crippen LogP contribution in [0, 0.1) is 3.57 Å². The van der Waals surface area contributed by atoms with Crippen LogP contribution in [0.1, 0.15) is 30.5 Å². The summed E-state index contributed by atoms with van der Waals surface area (Å²) in [7, 11) is 0. The first-order valence-electron chi connectivity index (χ1n) is 6.29. The highest BCUT2D eigenvalue weighted by atomic mass is 127. The summed E-state index contributed by atoms with van der Waals surface area (Å²) in [6.45, 7) is 3.21. The van der Waals surface area contributed by atoms with Crippen molar-refractivity contribution in [2.45, 2.75) is 25.8 Å². The molecule has 0 aliphatic carbocycles. The summed E-state index contributed by atoms with van der Waals surface area (Å²) in [4.78, 5) is 0. The zero-order valence-corrected chi connectivity index (χ0v) is 12.7. The third-order valence-electron chi connectivity index (χ3n) is 2.94. The van der Waals surface area contributed by atoms with Gasteiger partial charge in [0.2, 0.25) is 0 Å². The predicted molar refractivity (Wildman–Crippen MR) is 82.6 cm³/mol. The summed E-state index contributed by atoms with van der Waals surface area (Å²) in [5, 5.41) is 3.57. The summed E-state index contributed by atoms with van der Waals surface area (Å²) < 4.78 is 6.47. The lowest BCUT2D eigenvalue weighted by atomic mass is 10.0. The third kappa shape index (κ3) is 3.85. The summed E-state index contributed by atoms with van der Waals surface area (Å²) in [5.74, 6) is 0. The van der Waals surface area contributed by atoms with Gasteiger partial charge in [-0.05, 0) is 65.7 Å². The maximum atomic E-state index is 5.19. The summed E-state index contributed by atoms with van der Waals surface area (Å²) in [6, 6.07) is 11.1. The molecular formula is C15H18INO. The maximum Gasteiger partial charge on any atom is 0.0950 e. The Bertz CT molecular complexity index is 450. The largest absolute Gasteiger partial charge is 0.472 e. The molecule has 0 radical (unpaired) electrons. The van der Waals surface area contributed by atoms with Crippen LogP contribution in [0.4, 0.5) is 0 Å². The Hall–Kier alpha value is -0.810. The van der Waals surface area contributed by atoms with Crippen LogP contribution in [0.2, 0.25) is 0 Å². The van der Waals surface area contributed by atoms with Gasteiger partial charge >= 0.3 is 0 Å². The first-order valence-corrected chi connectivity index (χ1v) is 7.37. The summed E-state index contributed by atoms with van der Waals surface area (Å²) in [5.41, 5.74) is 2.58. The summed E-state index contributed by atoms with van der Waals surface area (Å²) >= 11 is 2.33. The SMILES string of the molecule is CCCNC(Cc1ccc(I)cc1)c1ccoc1. The Kier molecular flexibility index (Phi) is 5.26. The minimum atomic E-state index is 0.337. The standard InChI is InChI=1S/C15H18INO/c1-2-8-17-15(13-7-9-18-11-13)10-12-3-5-14(16)6-4-12/h3-7,9,11,15,17H,2,8,10H2,1H3. The molecule has 1 aromatic carbocycles. The molecule has 0 saturated carbocycles. The van der Waals surface area contributed by atoms with Gasteiger partial charge in [-0.15, -0.1) is 0 Å². The average Bonchev–Trinajstić information content (AvgIpc) is 2.90. The first-order chi connectivity index (χ1) is 8.79. The van der Waals surface area contributed by atoms with Crippen LogP contribution in [0.5, 0.6) is 0 Å². The second kappa shape index (κ2) is 6.95. The maximum absolute atomic E-state index is 5.19. The van der Waals surface area contributed by atoms with Crippen molar-refractivity contribution in [1.82, 2.24) is 5.32 Å². The third-order valence-corrected chi connectivity index (χ3v) is 3.66. The number of hydrogen-bond acceptors (Lipinski definition) is 2. The fraction of sp³-hybridized carbons (Fsp3) is 0.333. The van der Waals surface area contributed by atoms with E-state index in [4.69, 9.17) is 4.42 Å². The minimum absolute atomic E-state index is 0.337. The van der Waals surface area contributed by atoms with Crippen LogP contribution in [0.15, 0.2) is 47.3 Å². The molecule has 0 amide bonds. The lowest BCUT2D eigenvalue weighted by Crippen LogP contribution is -2.23. The second-order valence-electron chi connectivity index (χ2n) is 4.39. The number of hydrogen-bond donors (Lipinski definition) is 1. The van der Waals surface area contributed by atoms with E-state index in [0.29, 0.717) is 6.04 Å². The van der Waals surface area contributed by atoms with Crippen LogP contribution in [-0.4, -0.2) is 6.54 Å². The van der Waals surface area contributed by atoms with Crippen molar-refractivity contribution in [3.63, 3.8) is 0 Å². The van der Waals surface area contributed by atoms with E-state index in [1.54, 1.807) is 6.26 Å². The fourth-order valence-corrected chi connectivity index (χ4v) is 2.32. The van der Waals surface area contributed by atoms with Gasteiger partial charge in [0, 0.05) is 15.2 Å². The Labute approximate surface area is 122 Å². The van der Waals surface area contributed by atoms with Crippen molar-refractivity contribution in [3.8, 4) is 0 Å². The Morgan fingerprint density at radius 3 is 2.61 bits per heavy atom. The van der Waals surface area contributed by atoms with Gasteiger partial charge in [0.05, 0.1) is 12.5 Å². The summed E-state index contributed by atoms with van der Waals surface area (Å²) in [6.07, 6.45) is 5.71. The lowest BCUT2D eigenvalue weighted by Gasteiger charge is -2.17. The van der Waals surface area contributed by atoms with Gasteiger partial charge in [0.25, 0.3) is 0 Å². The quantitative estimate of drug-likeness (QED) is 0.787. The van der Waals surface area contributed by atoms with E-state index in [9.17, 15) is 0 Å². The molecule has 1 N–H and O–H groups in total. The van der Waals surface area contributed by atoms with Crippen LogP contribution in [-0.2, 0) is 6.42 Å². The zero-order chi connectivity index (χ0) is 12.8. The zero-order valence-electron chi connectivity index (χ0n) is 10.5. The van der Waals surface area contributed by atoms with Crippen molar-refractivity contribution >= 4 is 22.6 Å². The molecule has 0 saturated heterocycles. The van der Waals surface area contributed by atoms with E-state index >= 15 is 0 Å². The van der Waals surface area contributed by atoms with Crippen LogP contribution < -0.4 is 5.32 Å². The molecule has 0 spiro atoms. The van der Waals surface area contributed by atoms with Crippen molar-refractivity contribution in [2.75, 3.05) is 6.54 Å². The van der Waals surface area contributed by atoms with Crippen molar-refractivity contribution < 1.29 is 4.42 Å². The molecule has 2 rings (SSSR count). The Balaban J connectivity index is 2.07. The molecule has 1 atom stereocenters. The Morgan fingerprint density at radius 2 is 2.00 bits per heavy atom. The van der Waals surface area contributed by atoms with Gasteiger partial charge in [0.15, 0.2) is 0 Å². The topological polar surface area (TPSA) is 25.2 Å². The van der Waals surface area contributed by atoms with Crippen molar-refractivity contribution in [1.29, 1.82) is 0 Å². The number of rotatable bonds is 6. The second-order valence-corrected chi connectivity index (χ2v) is 5.64. The predicted octanol–water partition coefficient (Wildman–Crippen LogP) is 4.17. The molecular weight excluding hydrogens is 337 g/mol. The highest BCUT2D eigenvalue weighted by Gasteiger charge is 2.12. The molecule has 1 aromatic heterocycles. The number of furan rings is 1. The Morgan fingerprint density at radius 1 is 1.22 bits per heavy atom. The molecule has 0 bridgehead atoms. The van der Waals surface area contributed by atoms with Gasteiger partial charge in [-0.2, -0.15) is 0 Å². The number of halogens is 1. The molecule has 2 aromatic rings. The monoisotopic (exact) mass is 355 g/mol. The van der Waals surface area contributed by atoms with E-state index in [1.807, 2.05) is 12.3 Å². The fourth-order valence-electron chi connectivity index (χ4n) is 1.96. The minimum Gasteiger partial charge on any atom is -0.472 e. The highest BCUT2D eigenvalue weighted by molar-refractivity contribution is 14.1. The first kappa shape index (κ1) is 13.6. The molecule has 3 heteroatoms. The molecule has 0 fully saturated rings. The van der Waals surface area contributed by atoms with Gasteiger partial charge in [-0.25, -0.2) is 0 Å². The lowest BCUT2D eigenvalue weighted by molar-refractivity contribution is 0.512. The van der Waals surface area contributed by atoms with E-state index in [2.05, 4.69) is 59.1 Å².